The minimum Gasteiger partial charge on any atom is -0.456 e. The fraction of sp³-hybridized carbons (Fsp3) is 0.250. The summed E-state index contributed by atoms with van der Waals surface area (Å²) in [5.74, 6) is 1.14. The van der Waals surface area contributed by atoms with Gasteiger partial charge < -0.3 is 9.64 Å². The fourth-order valence-corrected chi connectivity index (χ4v) is 4.38. The molecule has 1 atom stereocenters. The number of aryl methyl sites for hydroxylation is 1. The van der Waals surface area contributed by atoms with E-state index in [9.17, 15) is 13.2 Å². The van der Waals surface area contributed by atoms with E-state index in [1.54, 1.807) is 40.3 Å². The van der Waals surface area contributed by atoms with Crippen molar-refractivity contribution in [3.05, 3.63) is 83.1 Å². The highest BCUT2D eigenvalue weighted by Gasteiger charge is 2.39. The number of ether oxygens (including phenoxy) is 1. The lowest BCUT2D eigenvalue weighted by Crippen LogP contribution is -2.35. The Morgan fingerprint density at radius 2 is 1.85 bits per heavy atom. The molecule has 33 heavy (non-hydrogen) atoms. The van der Waals surface area contributed by atoms with E-state index < -0.39 is 9.84 Å². The zero-order valence-corrected chi connectivity index (χ0v) is 19.9. The lowest BCUT2D eigenvalue weighted by molar-refractivity contribution is 0.223. The second kappa shape index (κ2) is 9.41. The average molecular weight is 486 g/mol. The molecule has 1 aliphatic heterocycles. The summed E-state index contributed by atoms with van der Waals surface area (Å²) in [5, 5.41) is 0.568. The Labute approximate surface area is 198 Å². The lowest BCUT2D eigenvalue weighted by atomic mass is 10.1. The molecule has 9 heteroatoms. The quantitative estimate of drug-likeness (QED) is 0.477. The molecule has 3 aromatic rings. The highest BCUT2D eigenvalue weighted by Crippen LogP contribution is 2.36. The fourth-order valence-electron chi connectivity index (χ4n) is 3.70. The number of aromatic nitrogens is 1. The highest BCUT2D eigenvalue weighted by molar-refractivity contribution is 7.90. The molecule has 0 bridgehead atoms. The normalized spacial score (nSPS) is 16.3. The monoisotopic (exact) mass is 485 g/mol. The van der Waals surface area contributed by atoms with Gasteiger partial charge in [-0.1, -0.05) is 23.7 Å². The van der Waals surface area contributed by atoms with E-state index in [0.717, 1.165) is 11.3 Å². The number of hydrogen-bond donors (Lipinski definition) is 0. The van der Waals surface area contributed by atoms with E-state index in [0.29, 0.717) is 28.8 Å². The topological polar surface area (TPSA) is 79.8 Å². The van der Waals surface area contributed by atoms with Crippen LogP contribution in [0.2, 0.25) is 5.02 Å². The summed E-state index contributed by atoms with van der Waals surface area (Å²) in [6.07, 6.45) is 2.83. The molecular formula is C24H24ClN3O4S. The standard InChI is InChI=1S/C24H24ClN3O4S/c1-17-6-11-22(15-26-17)32-21-5-3-4-18(14-21)23-16-27(12-13-33(2,30)31)24(29)28(23)20-9-7-19(25)8-10-20/h3-11,14-15,23H,12-13,16H2,1-2H3/t23-/m1/s1. The van der Waals surface area contributed by atoms with E-state index in [-0.39, 0.29) is 24.4 Å². The summed E-state index contributed by atoms with van der Waals surface area (Å²) in [6.45, 7) is 2.39. The third-order valence-electron chi connectivity index (χ3n) is 5.38. The van der Waals surface area contributed by atoms with Crippen LogP contribution in [0.1, 0.15) is 17.3 Å². The minimum atomic E-state index is -3.21. The summed E-state index contributed by atoms with van der Waals surface area (Å²) < 4.78 is 29.3. The molecule has 1 fully saturated rings. The Kier molecular flexibility index (Phi) is 6.58. The number of benzene rings is 2. The summed E-state index contributed by atoms with van der Waals surface area (Å²) in [6, 6.07) is 17.7. The van der Waals surface area contributed by atoms with Gasteiger partial charge in [-0.3, -0.25) is 9.88 Å². The zero-order valence-electron chi connectivity index (χ0n) is 18.3. The molecule has 172 valence electrons. The molecule has 1 aliphatic rings. The number of urea groups is 1. The van der Waals surface area contributed by atoms with Gasteiger partial charge in [0, 0.05) is 35.7 Å². The van der Waals surface area contributed by atoms with E-state index in [4.69, 9.17) is 16.3 Å². The second-order valence-corrected chi connectivity index (χ2v) is 10.7. The number of pyridine rings is 1. The molecule has 0 N–H and O–H groups in total. The molecule has 0 saturated carbocycles. The maximum Gasteiger partial charge on any atom is 0.325 e. The van der Waals surface area contributed by atoms with E-state index >= 15 is 0 Å². The van der Waals surface area contributed by atoms with Crippen molar-refractivity contribution in [3.63, 3.8) is 0 Å². The third kappa shape index (κ3) is 5.64. The molecule has 4 rings (SSSR count). The van der Waals surface area contributed by atoms with Crippen LogP contribution in [-0.4, -0.2) is 49.4 Å². The van der Waals surface area contributed by atoms with Crippen LogP contribution in [0.15, 0.2) is 66.9 Å². The van der Waals surface area contributed by atoms with Gasteiger partial charge in [0.05, 0.1) is 18.0 Å². The Morgan fingerprint density at radius 3 is 2.52 bits per heavy atom. The smallest absolute Gasteiger partial charge is 0.325 e. The lowest BCUT2D eigenvalue weighted by Gasteiger charge is -2.24. The van der Waals surface area contributed by atoms with Crippen LogP contribution in [0.3, 0.4) is 0 Å². The maximum atomic E-state index is 13.3. The van der Waals surface area contributed by atoms with Crippen LogP contribution in [0.5, 0.6) is 11.5 Å². The number of nitrogens with zero attached hydrogens (tertiary/aromatic N) is 3. The van der Waals surface area contributed by atoms with Crippen LogP contribution in [-0.2, 0) is 9.84 Å². The van der Waals surface area contributed by atoms with Crippen molar-refractivity contribution in [2.45, 2.75) is 13.0 Å². The average Bonchev–Trinajstić information content (AvgIpc) is 3.10. The van der Waals surface area contributed by atoms with Crippen LogP contribution >= 0.6 is 11.6 Å². The zero-order chi connectivity index (χ0) is 23.6. The van der Waals surface area contributed by atoms with Gasteiger partial charge in [-0.05, 0) is 61.0 Å². The maximum absolute atomic E-state index is 13.3. The molecule has 2 amide bonds. The van der Waals surface area contributed by atoms with Crippen LogP contribution in [0.25, 0.3) is 0 Å². The minimum absolute atomic E-state index is 0.0938. The van der Waals surface area contributed by atoms with Gasteiger partial charge in [-0.25, -0.2) is 13.2 Å². The van der Waals surface area contributed by atoms with E-state index in [1.807, 2.05) is 43.3 Å². The first-order chi connectivity index (χ1) is 15.7. The SMILES string of the molecule is Cc1ccc(Oc2cccc([C@H]3CN(CCS(C)(=O)=O)C(=O)N3c3ccc(Cl)cc3)c2)cn1. The molecule has 7 nitrogen and oxygen atoms in total. The molecule has 0 aliphatic carbocycles. The van der Waals surface area contributed by atoms with Gasteiger partial charge in [0.25, 0.3) is 0 Å². The third-order valence-corrected chi connectivity index (χ3v) is 6.56. The Morgan fingerprint density at radius 1 is 1.09 bits per heavy atom. The first kappa shape index (κ1) is 23.1. The Bertz CT molecular complexity index is 1250. The number of anilines is 1. The van der Waals surface area contributed by atoms with E-state index in [2.05, 4.69) is 4.98 Å². The number of halogens is 1. The van der Waals surface area contributed by atoms with E-state index in [1.165, 1.54) is 6.26 Å². The summed E-state index contributed by atoms with van der Waals surface area (Å²) >= 11 is 6.04. The van der Waals surface area contributed by atoms with Crippen molar-refractivity contribution in [1.82, 2.24) is 9.88 Å². The summed E-state index contributed by atoms with van der Waals surface area (Å²) in [5.41, 5.74) is 2.45. The van der Waals surface area contributed by atoms with Gasteiger partial charge in [0.15, 0.2) is 0 Å². The van der Waals surface area contributed by atoms with Crippen LogP contribution in [0, 0.1) is 6.92 Å². The predicted molar refractivity (Wildman–Crippen MR) is 129 cm³/mol. The number of carbonyl (C=O) groups excluding carboxylic acids is 1. The van der Waals surface area contributed by atoms with Crippen molar-refractivity contribution in [2.24, 2.45) is 0 Å². The molecule has 1 aromatic heterocycles. The predicted octanol–water partition coefficient (Wildman–Crippen LogP) is 4.86. The van der Waals surface area contributed by atoms with Gasteiger partial charge >= 0.3 is 6.03 Å². The molecular weight excluding hydrogens is 462 g/mol. The van der Waals surface area contributed by atoms with Gasteiger partial charge in [0.2, 0.25) is 0 Å². The molecule has 1 saturated heterocycles. The molecule has 2 aromatic carbocycles. The van der Waals surface area contributed by atoms with Crippen molar-refractivity contribution in [3.8, 4) is 11.5 Å². The van der Waals surface area contributed by atoms with Gasteiger partial charge in [-0.2, -0.15) is 0 Å². The number of rotatable bonds is 7. The first-order valence-electron chi connectivity index (χ1n) is 10.4. The largest absolute Gasteiger partial charge is 0.456 e. The van der Waals surface area contributed by atoms with Gasteiger partial charge in [0.1, 0.15) is 21.3 Å². The number of hydrogen-bond acceptors (Lipinski definition) is 5. The van der Waals surface area contributed by atoms with Crippen molar-refractivity contribution < 1.29 is 17.9 Å². The number of sulfone groups is 1. The molecule has 2 heterocycles. The first-order valence-corrected chi connectivity index (χ1v) is 12.9. The van der Waals surface area contributed by atoms with Crippen LogP contribution in [0.4, 0.5) is 10.5 Å². The Balaban J connectivity index is 1.64. The number of carbonyl (C=O) groups is 1. The number of amides is 2. The molecule has 0 radical (unpaired) electrons. The van der Waals surface area contributed by atoms with Gasteiger partial charge in [-0.15, -0.1) is 0 Å². The van der Waals surface area contributed by atoms with Crippen molar-refractivity contribution in [1.29, 1.82) is 0 Å². The summed E-state index contributed by atoms with van der Waals surface area (Å²) in [7, 11) is -3.21. The second-order valence-electron chi connectivity index (χ2n) is 8.03. The summed E-state index contributed by atoms with van der Waals surface area (Å²) in [4.78, 5) is 20.8. The van der Waals surface area contributed by atoms with Crippen LogP contribution < -0.4 is 9.64 Å². The Hall–Kier alpha value is -3.10. The van der Waals surface area contributed by atoms with Crippen molar-refractivity contribution >= 4 is 33.2 Å². The van der Waals surface area contributed by atoms with Crippen molar-refractivity contribution in [2.75, 3.05) is 30.0 Å². The highest BCUT2D eigenvalue weighted by atomic mass is 35.5. The molecule has 0 unspecified atom stereocenters. The molecule has 0 spiro atoms.